The van der Waals surface area contributed by atoms with Crippen molar-refractivity contribution in [2.45, 2.75) is 25.4 Å². The van der Waals surface area contributed by atoms with E-state index in [9.17, 15) is 14.4 Å². The molecule has 0 spiro atoms. The van der Waals surface area contributed by atoms with Gasteiger partial charge in [0, 0.05) is 29.4 Å². The van der Waals surface area contributed by atoms with Crippen molar-refractivity contribution in [2.75, 3.05) is 5.32 Å². The normalized spacial score (nSPS) is 12.9. The molecule has 0 bridgehead atoms. The van der Waals surface area contributed by atoms with Gasteiger partial charge in [0.15, 0.2) is 0 Å². The molecule has 1 aromatic heterocycles. The van der Waals surface area contributed by atoms with Gasteiger partial charge in [-0.3, -0.25) is 14.4 Å². The molecule has 7 heteroatoms. The van der Waals surface area contributed by atoms with Crippen molar-refractivity contribution in [3.8, 4) is 0 Å². The van der Waals surface area contributed by atoms with Crippen molar-refractivity contribution in [3.63, 3.8) is 0 Å². The van der Waals surface area contributed by atoms with Crippen LogP contribution in [0.3, 0.4) is 0 Å². The van der Waals surface area contributed by atoms with Gasteiger partial charge in [-0.2, -0.15) is 0 Å². The van der Waals surface area contributed by atoms with Gasteiger partial charge in [-0.25, -0.2) is 0 Å². The smallest absolute Gasteiger partial charge is 0.265 e. The van der Waals surface area contributed by atoms with Crippen LogP contribution in [-0.2, 0) is 6.54 Å². The molecule has 0 saturated heterocycles. The summed E-state index contributed by atoms with van der Waals surface area (Å²) in [4.78, 5) is 39.0. The van der Waals surface area contributed by atoms with Crippen LogP contribution in [-0.4, -0.2) is 28.7 Å². The maximum absolute atomic E-state index is 13.1. The number of carbonyl (C=O) groups excluding carboxylic acids is 3. The summed E-state index contributed by atoms with van der Waals surface area (Å²) in [6, 6.07) is 17.8. The van der Waals surface area contributed by atoms with Crippen molar-refractivity contribution in [1.82, 2.24) is 4.90 Å². The van der Waals surface area contributed by atoms with Crippen molar-refractivity contribution in [3.05, 3.63) is 87.6 Å². The Morgan fingerprint density at radius 2 is 1.63 bits per heavy atom. The maximum atomic E-state index is 13.1. The van der Waals surface area contributed by atoms with Crippen LogP contribution in [0.2, 0.25) is 0 Å². The average Bonchev–Trinajstić information content (AvgIpc) is 3.44. The molecule has 1 saturated carbocycles. The van der Waals surface area contributed by atoms with Gasteiger partial charge in [0.1, 0.15) is 0 Å². The van der Waals surface area contributed by atoms with E-state index < -0.39 is 5.91 Å². The summed E-state index contributed by atoms with van der Waals surface area (Å²) in [6.45, 7) is 0.472. The number of nitrogens with one attached hydrogen (secondary N) is 1. The fourth-order valence-corrected chi connectivity index (χ4v) is 3.81. The van der Waals surface area contributed by atoms with Gasteiger partial charge >= 0.3 is 0 Å². The number of thiophene rings is 1. The summed E-state index contributed by atoms with van der Waals surface area (Å²) >= 11 is 1.38. The van der Waals surface area contributed by atoms with Gasteiger partial charge in [-0.15, -0.1) is 11.3 Å². The highest BCUT2D eigenvalue weighted by Gasteiger charge is 2.33. The number of amides is 3. The van der Waals surface area contributed by atoms with Gasteiger partial charge < -0.3 is 16.0 Å². The van der Waals surface area contributed by atoms with Crippen molar-refractivity contribution >= 4 is 34.7 Å². The predicted octanol–water partition coefficient (Wildman–Crippen LogP) is 3.90. The SMILES string of the molecule is NC(=O)c1ccc(CN(C(=O)c2ccc(NC(=O)c3cccs3)cc2)C2CC2)cc1. The number of anilines is 1. The molecule has 3 aromatic rings. The van der Waals surface area contributed by atoms with E-state index in [0.717, 1.165) is 18.4 Å². The highest BCUT2D eigenvalue weighted by atomic mass is 32.1. The zero-order chi connectivity index (χ0) is 21.1. The first-order valence-electron chi connectivity index (χ1n) is 9.66. The van der Waals surface area contributed by atoms with Gasteiger partial charge in [0.25, 0.3) is 11.8 Å². The topological polar surface area (TPSA) is 92.5 Å². The highest BCUT2D eigenvalue weighted by Crippen LogP contribution is 2.30. The summed E-state index contributed by atoms with van der Waals surface area (Å²) in [6.07, 6.45) is 1.97. The average molecular weight is 420 g/mol. The Labute approximate surface area is 178 Å². The molecule has 1 aliphatic rings. The number of benzene rings is 2. The maximum Gasteiger partial charge on any atom is 0.265 e. The summed E-state index contributed by atoms with van der Waals surface area (Å²) in [7, 11) is 0. The molecular weight excluding hydrogens is 398 g/mol. The first kappa shape index (κ1) is 19.8. The molecule has 152 valence electrons. The van der Waals surface area contributed by atoms with E-state index in [0.29, 0.717) is 28.2 Å². The molecule has 4 rings (SSSR count). The van der Waals surface area contributed by atoms with Crippen LogP contribution in [0, 0.1) is 0 Å². The Hall–Kier alpha value is -3.45. The third kappa shape index (κ3) is 4.58. The largest absolute Gasteiger partial charge is 0.366 e. The van der Waals surface area contributed by atoms with Crippen LogP contribution in [0.15, 0.2) is 66.0 Å². The van der Waals surface area contributed by atoms with E-state index in [1.54, 1.807) is 42.5 Å². The number of hydrogen-bond donors (Lipinski definition) is 2. The molecule has 6 nitrogen and oxygen atoms in total. The summed E-state index contributed by atoms with van der Waals surface area (Å²) in [5.41, 5.74) is 7.90. The Kier molecular flexibility index (Phi) is 5.63. The van der Waals surface area contributed by atoms with E-state index in [1.807, 2.05) is 28.5 Å². The highest BCUT2D eigenvalue weighted by molar-refractivity contribution is 7.12. The fraction of sp³-hybridized carbons (Fsp3) is 0.174. The molecule has 3 N–H and O–H groups in total. The molecular formula is C23H21N3O3S. The van der Waals surface area contributed by atoms with Crippen LogP contribution in [0.5, 0.6) is 0 Å². The molecule has 1 fully saturated rings. The number of primary amides is 1. The standard InChI is InChI=1S/C23H21N3O3S/c24-21(27)16-5-3-15(4-6-16)14-26(19-11-12-19)23(29)17-7-9-18(10-8-17)25-22(28)20-2-1-13-30-20/h1-10,13,19H,11-12,14H2,(H2,24,27)(H,25,28). The number of hydrogen-bond acceptors (Lipinski definition) is 4. The lowest BCUT2D eigenvalue weighted by Crippen LogP contribution is -2.32. The molecule has 3 amide bonds. The zero-order valence-electron chi connectivity index (χ0n) is 16.2. The second-order valence-electron chi connectivity index (χ2n) is 7.23. The lowest BCUT2D eigenvalue weighted by Gasteiger charge is -2.23. The zero-order valence-corrected chi connectivity index (χ0v) is 17.0. The quantitative estimate of drug-likeness (QED) is 0.608. The summed E-state index contributed by atoms with van der Waals surface area (Å²) in [5.74, 6) is -0.682. The number of carbonyl (C=O) groups is 3. The van der Waals surface area contributed by atoms with Crippen molar-refractivity contribution in [2.24, 2.45) is 5.73 Å². The van der Waals surface area contributed by atoms with Crippen LogP contribution in [0.4, 0.5) is 5.69 Å². The minimum Gasteiger partial charge on any atom is -0.366 e. The van der Waals surface area contributed by atoms with Crippen LogP contribution in [0.1, 0.15) is 48.8 Å². The Morgan fingerprint density at radius 3 is 2.20 bits per heavy atom. The third-order valence-electron chi connectivity index (χ3n) is 4.97. The summed E-state index contributed by atoms with van der Waals surface area (Å²) in [5, 5.41) is 4.69. The lowest BCUT2D eigenvalue weighted by molar-refractivity contribution is 0.0729. The number of nitrogens with two attached hydrogens (primary N) is 1. The third-order valence-corrected chi connectivity index (χ3v) is 5.84. The fourth-order valence-electron chi connectivity index (χ4n) is 3.19. The van der Waals surface area contributed by atoms with Gasteiger partial charge in [-0.05, 0) is 66.2 Å². The molecule has 0 unspecified atom stereocenters. The minimum atomic E-state index is -0.470. The second kappa shape index (κ2) is 8.51. The Bertz CT molecular complexity index is 1060. The summed E-state index contributed by atoms with van der Waals surface area (Å²) < 4.78 is 0. The molecule has 0 radical (unpaired) electrons. The molecule has 0 aliphatic heterocycles. The molecule has 1 aliphatic carbocycles. The molecule has 1 heterocycles. The van der Waals surface area contributed by atoms with Crippen molar-refractivity contribution in [1.29, 1.82) is 0 Å². The van der Waals surface area contributed by atoms with Crippen LogP contribution < -0.4 is 11.1 Å². The van der Waals surface area contributed by atoms with E-state index in [-0.39, 0.29) is 17.9 Å². The van der Waals surface area contributed by atoms with E-state index >= 15 is 0 Å². The number of nitrogens with zero attached hydrogens (tertiary/aromatic N) is 1. The van der Waals surface area contributed by atoms with E-state index in [4.69, 9.17) is 5.73 Å². The minimum absolute atomic E-state index is 0.0485. The first-order valence-corrected chi connectivity index (χ1v) is 10.5. The second-order valence-corrected chi connectivity index (χ2v) is 8.18. The molecule has 2 aromatic carbocycles. The van der Waals surface area contributed by atoms with E-state index in [2.05, 4.69) is 5.32 Å². The van der Waals surface area contributed by atoms with Gasteiger partial charge in [0.2, 0.25) is 5.91 Å². The monoisotopic (exact) mass is 419 g/mol. The van der Waals surface area contributed by atoms with Gasteiger partial charge in [0.05, 0.1) is 4.88 Å². The van der Waals surface area contributed by atoms with Gasteiger partial charge in [-0.1, -0.05) is 18.2 Å². The van der Waals surface area contributed by atoms with E-state index in [1.165, 1.54) is 11.3 Å². The number of rotatable bonds is 7. The van der Waals surface area contributed by atoms with Crippen LogP contribution >= 0.6 is 11.3 Å². The first-order chi connectivity index (χ1) is 14.5. The molecule has 30 heavy (non-hydrogen) atoms. The Balaban J connectivity index is 1.44. The predicted molar refractivity (Wildman–Crippen MR) is 117 cm³/mol. The Morgan fingerprint density at radius 1 is 0.967 bits per heavy atom. The van der Waals surface area contributed by atoms with Crippen molar-refractivity contribution < 1.29 is 14.4 Å². The molecule has 0 atom stereocenters. The van der Waals surface area contributed by atoms with Crippen LogP contribution in [0.25, 0.3) is 0 Å². The lowest BCUT2D eigenvalue weighted by atomic mass is 10.1.